The summed E-state index contributed by atoms with van der Waals surface area (Å²) in [7, 11) is 0. The largest absolute Gasteiger partial charge is 0.376 e. The number of carbonyl (C=O) groups is 2. The molecule has 1 rings (SSSR count). The van der Waals surface area contributed by atoms with Crippen molar-refractivity contribution in [2.45, 2.75) is 33.6 Å². The number of hydrogen-bond donors (Lipinski definition) is 3. The average Bonchev–Trinajstić information content (AvgIpc) is 2.46. The van der Waals surface area contributed by atoms with Gasteiger partial charge in [-0.1, -0.05) is 27.2 Å². The molecule has 0 heterocycles. The number of nitrogens with one attached hydrogen (secondary N) is 3. The van der Waals surface area contributed by atoms with Crippen LogP contribution < -0.4 is 16.0 Å². The Morgan fingerprint density at radius 2 is 1.71 bits per heavy atom. The third-order valence-electron chi connectivity index (χ3n) is 2.98. The number of hydrogen-bond acceptors (Lipinski definition) is 3. The van der Waals surface area contributed by atoms with Crippen molar-refractivity contribution >= 4 is 23.2 Å². The van der Waals surface area contributed by atoms with E-state index in [9.17, 15) is 9.59 Å². The van der Waals surface area contributed by atoms with Crippen LogP contribution in [0.15, 0.2) is 24.3 Å². The second-order valence-electron chi connectivity index (χ2n) is 5.28. The van der Waals surface area contributed by atoms with Gasteiger partial charge in [0, 0.05) is 23.8 Å². The SMILES string of the molecule is CCCCNC(=O)CNc1ccc(NC(=O)C(C)C)cc1. The summed E-state index contributed by atoms with van der Waals surface area (Å²) in [6, 6.07) is 7.32. The minimum atomic E-state index is -0.0466. The van der Waals surface area contributed by atoms with Gasteiger partial charge < -0.3 is 16.0 Å². The van der Waals surface area contributed by atoms with Crippen LogP contribution in [0.2, 0.25) is 0 Å². The first-order chi connectivity index (χ1) is 10.0. The minimum Gasteiger partial charge on any atom is -0.376 e. The van der Waals surface area contributed by atoms with Crippen LogP contribution in [0.3, 0.4) is 0 Å². The number of benzene rings is 1. The first-order valence-corrected chi connectivity index (χ1v) is 7.44. The van der Waals surface area contributed by atoms with Gasteiger partial charge in [0.1, 0.15) is 0 Å². The molecule has 5 nitrogen and oxygen atoms in total. The molecule has 0 aliphatic heterocycles. The Morgan fingerprint density at radius 3 is 2.29 bits per heavy atom. The smallest absolute Gasteiger partial charge is 0.239 e. The lowest BCUT2D eigenvalue weighted by molar-refractivity contribution is -0.120. The van der Waals surface area contributed by atoms with Gasteiger partial charge in [0.25, 0.3) is 0 Å². The molecule has 5 heteroatoms. The highest BCUT2D eigenvalue weighted by Gasteiger charge is 2.06. The van der Waals surface area contributed by atoms with E-state index in [2.05, 4.69) is 22.9 Å². The van der Waals surface area contributed by atoms with Gasteiger partial charge in [-0.25, -0.2) is 0 Å². The molecule has 116 valence electrons. The van der Waals surface area contributed by atoms with E-state index < -0.39 is 0 Å². The molecule has 1 aromatic carbocycles. The van der Waals surface area contributed by atoms with Crippen LogP contribution in [0.5, 0.6) is 0 Å². The summed E-state index contributed by atoms with van der Waals surface area (Å²) in [6.45, 7) is 6.76. The molecule has 0 atom stereocenters. The molecule has 1 aromatic rings. The molecule has 3 N–H and O–H groups in total. The number of amides is 2. The van der Waals surface area contributed by atoms with Crippen LogP contribution in [-0.2, 0) is 9.59 Å². The number of rotatable bonds is 8. The topological polar surface area (TPSA) is 70.2 Å². The normalized spacial score (nSPS) is 10.3. The zero-order valence-electron chi connectivity index (χ0n) is 13.0. The molecule has 0 aliphatic rings. The van der Waals surface area contributed by atoms with Crippen molar-refractivity contribution < 1.29 is 9.59 Å². The van der Waals surface area contributed by atoms with Crippen LogP contribution in [0.1, 0.15) is 33.6 Å². The fourth-order valence-corrected chi connectivity index (χ4v) is 1.61. The molecule has 0 bridgehead atoms. The second-order valence-corrected chi connectivity index (χ2v) is 5.28. The van der Waals surface area contributed by atoms with Crippen molar-refractivity contribution in [2.75, 3.05) is 23.7 Å². The van der Waals surface area contributed by atoms with Gasteiger partial charge in [-0.3, -0.25) is 9.59 Å². The first kappa shape index (κ1) is 17.0. The predicted octanol–water partition coefficient (Wildman–Crippen LogP) is 2.61. The van der Waals surface area contributed by atoms with E-state index in [1.165, 1.54) is 0 Å². The molecule has 0 aromatic heterocycles. The summed E-state index contributed by atoms with van der Waals surface area (Å²) in [6.07, 6.45) is 2.06. The van der Waals surface area contributed by atoms with Crippen LogP contribution in [-0.4, -0.2) is 24.9 Å². The summed E-state index contributed by atoms with van der Waals surface area (Å²) in [4.78, 5) is 23.1. The van der Waals surface area contributed by atoms with E-state index in [-0.39, 0.29) is 24.3 Å². The molecule has 0 fully saturated rings. The Morgan fingerprint density at radius 1 is 1.10 bits per heavy atom. The third kappa shape index (κ3) is 6.79. The quantitative estimate of drug-likeness (QED) is 0.645. The lowest BCUT2D eigenvalue weighted by Crippen LogP contribution is -2.30. The van der Waals surface area contributed by atoms with E-state index in [1.807, 2.05) is 38.1 Å². The van der Waals surface area contributed by atoms with Crippen LogP contribution >= 0.6 is 0 Å². The van der Waals surface area contributed by atoms with E-state index in [1.54, 1.807) is 0 Å². The summed E-state index contributed by atoms with van der Waals surface area (Å²) in [5, 5.41) is 8.72. The van der Waals surface area contributed by atoms with Crippen molar-refractivity contribution in [3.63, 3.8) is 0 Å². The van der Waals surface area contributed by atoms with Crippen molar-refractivity contribution in [1.82, 2.24) is 5.32 Å². The maximum absolute atomic E-state index is 11.6. The molecule has 21 heavy (non-hydrogen) atoms. The monoisotopic (exact) mass is 291 g/mol. The van der Waals surface area contributed by atoms with Crippen LogP contribution in [0.4, 0.5) is 11.4 Å². The molecular formula is C16H25N3O2. The molecule has 0 unspecified atom stereocenters. The van der Waals surface area contributed by atoms with Crippen molar-refractivity contribution in [3.05, 3.63) is 24.3 Å². The molecule has 0 radical (unpaired) electrons. The van der Waals surface area contributed by atoms with Crippen LogP contribution in [0, 0.1) is 5.92 Å². The Bertz CT molecular complexity index is 455. The molecule has 0 saturated carbocycles. The number of carbonyl (C=O) groups excluding carboxylic acids is 2. The first-order valence-electron chi connectivity index (χ1n) is 7.44. The summed E-state index contributed by atoms with van der Waals surface area (Å²) < 4.78 is 0. The van der Waals surface area contributed by atoms with E-state index in [0.717, 1.165) is 30.8 Å². The fourth-order valence-electron chi connectivity index (χ4n) is 1.61. The Labute approximate surface area is 126 Å². The maximum atomic E-state index is 11.6. The van der Waals surface area contributed by atoms with Gasteiger partial charge >= 0.3 is 0 Å². The van der Waals surface area contributed by atoms with Gasteiger partial charge in [-0.2, -0.15) is 0 Å². The van der Waals surface area contributed by atoms with Gasteiger partial charge in [0.05, 0.1) is 6.54 Å². The van der Waals surface area contributed by atoms with Crippen molar-refractivity contribution in [2.24, 2.45) is 5.92 Å². The fraction of sp³-hybridized carbons (Fsp3) is 0.500. The zero-order chi connectivity index (χ0) is 15.7. The molecule has 0 saturated heterocycles. The average molecular weight is 291 g/mol. The van der Waals surface area contributed by atoms with E-state index in [4.69, 9.17) is 0 Å². The van der Waals surface area contributed by atoms with Gasteiger partial charge in [0.15, 0.2) is 0 Å². The Kier molecular flexibility index (Phi) is 7.29. The summed E-state index contributed by atoms with van der Waals surface area (Å²) in [5.74, 6) is -0.0683. The van der Waals surface area contributed by atoms with Crippen molar-refractivity contribution in [3.8, 4) is 0 Å². The van der Waals surface area contributed by atoms with E-state index >= 15 is 0 Å². The number of unbranched alkanes of at least 4 members (excludes halogenated alkanes) is 1. The minimum absolute atomic E-state index is 0.00832. The Hall–Kier alpha value is -2.04. The number of anilines is 2. The lowest BCUT2D eigenvalue weighted by Gasteiger charge is -2.10. The van der Waals surface area contributed by atoms with Gasteiger partial charge in [-0.05, 0) is 30.7 Å². The molecule has 0 aliphatic carbocycles. The maximum Gasteiger partial charge on any atom is 0.239 e. The van der Waals surface area contributed by atoms with Gasteiger partial charge in [0.2, 0.25) is 11.8 Å². The molecule has 2 amide bonds. The standard InChI is InChI=1S/C16H25N3O2/c1-4-5-10-17-15(20)11-18-13-6-8-14(9-7-13)19-16(21)12(2)3/h6-9,12,18H,4-5,10-11H2,1-3H3,(H,17,20)(H,19,21). The third-order valence-corrected chi connectivity index (χ3v) is 2.98. The Balaban J connectivity index is 2.37. The highest BCUT2D eigenvalue weighted by atomic mass is 16.2. The zero-order valence-corrected chi connectivity index (χ0v) is 13.0. The highest BCUT2D eigenvalue weighted by molar-refractivity contribution is 5.92. The predicted molar refractivity (Wildman–Crippen MR) is 86.3 cm³/mol. The molecular weight excluding hydrogens is 266 g/mol. The molecule has 0 spiro atoms. The second kappa shape index (κ2) is 9.00. The summed E-state index contributed by atoms with van der Waals surface area (Å²) in [5.41, 5.74) is 1.61. The summed E-state index contributed by atoms with van der Waals surface area (Å²) >= 11 is 0. The highest BCUT2D eigenvalue weighted by Crippen LogP contribution is 2.14. The van der Waals surface area contributed by atoms with E-state index in [0.29, 0.717) is 0 Å². The van der Waals surface area contributed by atoms with Crippen molar-refractivity contribution in [1.29, 1.82) is 0 Å². The van der Waals surface area contributed by atoms with Crippen LogP contribution in [0.25, 0.3) is 0 Å². The van der Waals surface area contributed by atoms with Gasteiger partial charge in [-0.15, -0.1) is 0 Å². The lowest BCUT2D eigenvalue weighted by atomic mass is 10.2.